The first-order chi connectivity index (χ1) is 8.10. The molecule has 0 aromatic rings. The molecule has 0 heterocycles. The molecule has 0 saturated heterocycles. The van der Waals surface area contributed by atoms with Crippen LogP contribution in [0.1, 0.15) is 91.4 Å². The SMILES string of the molecule is CCCCC1(O)CCC(CCC)(CCC)CC1. The second-order valence-corrected chi connectivity index (χ2v) is 6.33. The van der Waals surface area contributed by atoms with Gasteiger partial charge in [0, 0.05) is 0 Å². The molecule has 1 N–H and O–H groups in total. The molecule has 1 aliphatic rings. The molecule has 0 radical (unpaired) electrons. The fraction of sp³-hybridized carbons (Fsp3) is 1.00. The van der Waals surface area contributed by atoms with Crippen LogP contribution in [-0.4, -0.2) is 10.7 Å². The van der Waals surface area contributed by atoms with Crippen LogP contribution in [0.3, 0.4) is 0 Å². The third-order valence-corrected chi connectivity index (χ3v) is 4.80. The Morgan fingerprint density at radius 3 is 1.71 bits per heavy atom. The normalized spacial score (nSPS) is 22.6. The van der Waals surface area contributed by atoms with Crippen molar-refractivity contribution in [3.8, 4) is 0 Å². The second-order valence-electron chi connectivity index (χ2n) is 6.33. The van der Waals surface area contributed by atoms with Crippen LogP contribution < -0.4 is 0 Å². The summed E-state index contributed by atoms with van der Waals surface area (Å²) in [6.07, 6.45) is 13.4. The third-order valence-electron chi connectivity index (χ3n) is 4.80. The van der Waals surface area contributed by atoms with Crippen LogP contribution in [0.25, 0.3) is 0 Å². The van der Waals surface area contributed by atoms with Crippen LogP contribution in [0.15, 0.2) is 0 Å². The summed E-state index contributed by atoms with van der Waals surface area (Å²) >= 11 is 0. The maximum absolute atomic E-state index is 10.6. The van der Waals surface area contributed by atoms with Crippen molar-refractivity contribution in [1.29, 1.82) is 0 Å². The van der Waals surface area contributed by atoms with E-state index in [4.69, 9.17) is 0 Å². The van der Waals surface area contributed by atoms with Gasteiger partial charge in [0.2, 0.25) is 0 Å². The smallest absolute Gasteiger partial charge is 0.0648 e. The van der Waals surface area contributed by atoms with E-state index in [9.17, 15) is 5.11 Å². The molecule has 1 nitrogen and oxygen atoms in total. The summed E-state index contributed by atoms with van der Waals surface area (Å²) < 4.78 is 0. The Morgan fingerprint density at radius 2 is 1.29 bits per heavy atom. The van der Waals surface area contributed by atoms with Gasteiger partial charge in [0.25, 0.3) is 0 Å². The van der Waals surface area contributed by atoms with E-state index in [1.54, 1.807) is 0 Å². The van der Waals surface area contributed by atoms with Gasteiger partial charge in [-0.05, 0) is 50.4 Å². The van der Waals surface area contributed by atoms with Gasteiger partial charge in [0.1, 0.15) is 0 Å². The molecule has 0 bridgehead atoms. The maximum atomic E-state index is 10.6. The Bertz CT molecular complexity index is 194. The molecule has 0 aromatic heterocycles. The lowest BCUT2D eigenvalue weighted by atomic mass is 9.64. The highest BCUT2D eigenvalue weighted by Gasteiger charge is 2.39. The first kappa shape index (κ1) is 15.0. The fourth-order valence-corrected chi connectivity index (χ4v) is 3.69. The van der Waals surface area contributed by atoms with Gasteiger partial charge >= 0.3 is 0 Å². The van der Waals surface area contributed by atoms with Gasteiger partial charge in [-0.3, -0.25) is 0 Å². The van der Waals surface area contributed by atoms with Crippen molar-refractivity contribution in [3.63, 3.8) is 0 Å². The first-order valence-corrected chi connectivity index (χ1v) is 7.82. The van der Waals surface area contributed by atoms with Crippen molar-refractivity contribution >= 4 is 0 Å². The van der Waals surface area contributed by atoms with Crippen LogP contribution in [-0.2, 0) is 0 Å². The molecule has 0 spiro atoms. The zero-order valence-electron chi connectivity index (χ0n) is 12.2. The molecule has 1 heteroatoms. The lowest BCUT2D eigenvalue weighted by Crippen LogP contribution is -2.39. The Labute approximate surface area is 108 Å². The van der Waals surface area contributed by atoms with E-state index in [0.717, 1.165) is 19.3 Å². The summed E-state index contributed by atoms with van der Waals surface area (Å²) in [6, 6.07) is 0. The second kappa shape index (κ2) is 6.78. The Morgan fingerprint density at radius 1 is 0.765 bits per heavy atom. The summed E-state index contributed by atoms with van der Waals surface area (Å²) in [5, 5.41) is 10.6. The largest absolute Gasteiger partial charge is 0.390 e. The summed E-state index contributed by atoms with van der Waals surface area (Å²) in [7, 11) is 0. The molecule has 102 valence electrons. The number of hydrogen-bond acceptors (Lipinski definition) is 1. The van der Waals surface area contributed by atoms with Gasteiger partial charge in [-0.15, -0.1) is 0 Å². The average molecular weight is 240 g/mol. The van der Waals surface area contributed by atoms with Crippen LogP contribution in [0, 0.1) is 5.41 Å². The standard InChI is InChI=1S/C16H32O/c1-4-7-10-16(17)13-11-15(8-5-2,9-6-3)12-14-16/h17H,4-14H2,1-3H3. The van der Waals surface area contributed by atoms with Crippen LogP contribution in [0.5, 0.6) is 0 Å². The number of rotatable bonds is 7. The molecule has 0 amide bonds. The van der Waals surface area contributed by atoms with E-state index in [1.165, 1.54) is 51.4 Å². The summed E-state index contributed by atoms with van der Waals surface area (Å²) in [5.74, 6) is 0. The van der Waals surface area contributed by atoms with Gasteiger partial charge in [-0.25, -0.2) is 0 Å². The van der Waals surface area contributed by atoms with Crippen molar-refractivity contribution in [3.05, 3.63) is 0 Å². The molecule has 17 heavy (non-hydrogen) atoms. The first-order valence-electron chi connectivity index (χ1n) is 7.82. The van der Waals surface area contributed by atoms with Crippen LogP contribution >= 0.6 is 0 Å². The molecular formula is C16H32O. The minimum absolute atomic E-state index is 0.318. The van der Waals surface area contributed by atoms with Gasteiger partial charge in [0.05, 0.1) is 5.60 Å². The average Bonchev–Trinajstić information content (AvgIpc) is 2.32. The van der Waals surface area contributed by atoms with E-state index < -0.39 is 0 Å². The van der Waals surface area contributed by atoms with Crippen molar-refractivity contribution < 1.29 is 5.11 Å². The minimum atomic E-state index is -0.318. The topological polar surface area (TPSA) is 20.2 Å². The van der Waals surface area contributed by atoms with Crippen LogP contribution in [0.4, 0.5) is 0 Å². The van der Waals surface area contributed by atoms with Gasteiger partial charge in [-0.2, -0.15) is 0 Å². The van der Waals surface area contributed by atoms with Crippen molar-refractivity contribution in [2.45, 2.75) is 97.0 Å². The van der Waals surface area contributed by atoms with E-state index in [2.05, 4.69) is 20.8 Å². The summed E-state index contributed by atoms with van der Waals surface area (Å²) in [5.41, 5.74) is 0.253. The number of unbranched alkanes of at least 4 members (excludes halogenated alkanes) is 1. The van der Waals surface area contributed by atoms with Gasteiger partial charge in [-0.1, -0.05) is 46.5 Å². The molecular weight excluding hydrogens is 208 g/mol. The van der Waals surface area contributed by atoms with E-state index in [0.29, 0.717) is 5.41 Å². The number of hydrogen-bond donors (Lipinski definition) is 1. The third kappa shape index (κ3) is 4.28. The number of aliphatic hydroxyl groups is 1. The quantitative estimate of drug-likeness (QED) is 0.659. The summed E-state index contributed by atoms with van der Waals surface area (Å²) in [6.45, 7) is 6.81. The van der Waals surface area contributed by atoms with Crippen LogP contribution in [0.2, 0.25) is 0 Å². The lowest BCUT2D eigenvalue weighted by Gasteiger charge is -2.44. The van der Waals surface area contributed by atoms with Crippen molar-refractivity contribution in [2.75, 3.05) is 0 Å². The Hall–Kier alpha value is -0.0400. The molecule has 0 aromatic carbocycles. The molecule has 0 aliphatic heterocycles. The highest BCUT2D eigenvalue weighted by molar-refractivity contribution is 4.92. The molecule has 0 unspecified atom stereocenters. The van der Waals surface area contributed by atoms with E-state index >= 15 is 0 Å². The van der Waals surface area contributed by atoms with Gasteiger partial charge < -0.3 is 5.11 Å². The zero-order chi connectivity index (χ0) is 12.8. The molecule has 1 rings (SSSR count). The van der Waals surface area contributed by atoms with Gasteiger partial charge in [0.15, 0.2) is 0 Å². The fourth-order valence-electron chi connectivity index (χ4n) is 3.69. The van der Waals surface area contributed by atoms with E-state index in [-0.39, 0.29) is 5.60 Å². The predicted octanol–water partition coefficient (Wildman–Crippen LogP) is 5.07. The Kier molecular flexibility index (Phi) is 5.99. The van der Waals surface area contributed by atoms with E-state index in [1.807, 2.05) is 0 Å². The van der Waals surface area contributed by atoms with Crippen molar-refractivity contribution in [2.24, 2.45) is 5.41 Å². The highest BCUT2D eigenvalue weighted by atomic mass is 16.3. The highest BCUT2D eigenvalue weighted by Crippen LogP contribution is 2.48. The minimum Gasteiger partial charge on any atom is -0.390 e. The predicted molar refractivity (Wildman–Crippen MR) is 75.2 cm³/mol. The molecule has 1 aliphatic carbocycles. The lowest BCUT2D eigenvalue weighted by molar-refractivity contribution is -0.0463. The summed E-state index contributed by atoms with van der Waals surface area (Å²) in [4.78, 5) is 0. The molecule has 1 saturated carbocycles. The molecule has 1 fully saturated rings. The zero-order valence-corrected chi connectivity index (χ0v) is 12.2. The monoisotopic (exact) mass is 240 g/mol. The molecule has 0 atom stereocenters. The van der Waals surface area contributed by atoms with Crippen molar-refractivity contribution in [1.82, 2.24) is 0 Å². The maximum Gasteiger partial charge on any atom is 0.0648 e. The Balaban J connectivity index is 2.50.